The minimum absolute atomic E-state index is 0.0559. The molecule has 0 aromatic heterocycles. The SMILES string of the molecule is COC(=O)C1=C(C(=O)OC)N(c2ccccc2S(=O)(=O)NC(C)C)COC1. The third-order valence-electron chi connectivity index (χ3n) is 3.67. The van der Waals surface area contributed by atoms with Crippen molar-refractivity contribution < 1.29 is 32.2 Å². The molecule has 10 heteroatoms. The largest absolute Gasteiger partial charge is 0.466 e. The summed E-state index contributed by atoms with van der Waals surface area (Å²) in [5.41, 5.74) is -0.00503. The van der Waals surface area contributed by atoms with Crippen molar-refractivity contribution in [1.29, 1.82) is 0 Å². The summed E-state index contributed by atoms with van der Waals surface area (Å²) in [5, 5.41) is 0. The van der Waals surface area contributed by atoms with Gasteiger partial charge in [0.05, 0.1) is 32.1 Å². The maximum atomic E-state index is 12.7. The van der Waals surface area contributed by atoms with Crippen LogP contribution in [0.15, 0.2) is 40.4 Å². The Bertz CT molecular complexity index is 862. The Kier molecular flexibility index (Phi) is 6.58. The van der Waals surface area contributed by atoms with Gasteiger partial charge in [0.15, 0.2) is 0 Å². The summed E-state index contributed by atoms with van der Waals surface area (Å²) < 4.78 is 42.8. The van der Waals surface area contributed by atoms with E-state index >= 15 is 0 Å². The van der Waals surface area contributed by atoms with Crippen LogP contribution in [0.2, 0.25) is 0 Å². The highest BCUT2D eigenvalue weighted by Gasteiger charge is 2.34. The van der Waals surface area contributed by atoms with Gasteiger partial charge in [0.1, 0.15) is 17.3 Å². The highest BCUT2D eigenvalue weighted by molar-refractivity contribution is 7.89. The van der Waals surface area contributed by atoms with Gasteiger partial charge in [-0.3, -0.25) is 0 Å². The van der Waals surface area contributed by atoms with Crippen LogP contribution < -0.4 is 9.62 Å². The Balaban J connectivity index is 2.66. The summed E-state index contributed by atoms with van der Waals surface area (Å²) in [5.74, 6) is -1.57. The molecule has 1 aromatic rings. The molecular weight excluding hydrogens is 376 g/mol. The fourth-order valence-electron chi connectivity index (χ4n) is 2.61. The molecule has 0 radical (unpaired) electrons. The predicted octanol–water partition coefficient (Wildman–Crippen LogP) is 0.767. The van der Waals surface area contributed by atoms with E-state index in [1.165, 1.54) is 31.3 Å². The average Bonchev–Trinajstić information content (AvgIpc) is 2.65. The van der Waals surface area contributed by atoms with Crippen LogP contribution in [0.3, 0.4) is 0 Å². The molecule has 27 heavy (non-hydrogen) atoms. The first-order chi connectivity index (χ1) is 12.7. The number of hydrogen-bond acceptors (Lipinski definition) is 8. The summed E-state index contributed by atoms with van der Waals surface area (Å²) in [6, 6.07) is 5.77. The van der Waals surface area contributed by atoms with Gasteiger partial charge >= 0.3 is 11.9 Å². The van der Waals surface area contributed by atoms with Crippen molar-refractivity contribution in [3.8, 4) is 0 Å². The van der Waals surface area contributed by atoms with E-state index in [-0.39, 0.29) is 41.2 Å². The standard InChI is InChI=1S/C17H22N2O7S/c1-11(2)18-27(22,23)14-8-6-5-7-13(14)19-10-26-9-12(16(20)24-3)15(19)17(21)25-4/h5-8,11,18H,9-10H2,1-4H3. The van der Waals surface area contributed by atoms with Crippen LogP contribution in [0.4, 0.5) is 5.69 Å². The number of anilines is 1. The maximum absolute atomic E-state index is 12.7. The second-order valence-corrected chi connectivity index (χ2v) is 7.64. The predicted molar refractivity (Wildman–Crippen MR) is 96.3 cm³/mol. The van der Waals surface area contributed by atoms with Crippen LogP contribution in [-0.4, -0.2) is 54.0 Å². The third kappa shape index (κ3) is 4.46. The summed E-state index contributed by atoms with van der Waals surface area (Å²) in [7, 11) is -1.53. The molecule has 1 N–H and O–H groups in total. The quantitative estimate of drug-likeness (QED) is 0.700. The molecular formula is C17H22N2O7S. The molecule has 1 heterocycles. The molecule has 0 saturated heterocycles. The summed E-state index contributed by atoms with van der Waals surface area (Å²) in [6.45, 7) is 3.09. The van der Waals surface area contributed by atoms with Crippen molar-refractivity contribution in [2.24, 2.45) is 0 Å². The summed E-state index contributed by atoms with van der Waals surface area (Å²) >= 11 is 0. The van der Waals surface area contributed by atoms with E-state index in [9.17, 15) is 18.0 Å². The van der Waals surface area contributed by atoms with Crippen molar-refractivity contribution in [2.75, 3.05) is 32.5 Å². The number of benzene rings is 1. The minimum atomic E-state index is -3.88. The zero-order chi connectivity index (χ0) is 20.2. The van der Waals surface area contributed by atoms with Crippen molar-refractivity contribution in [2.45, 2.75) is 24.8 Å². The number of rotatable bonds is 6. The van der Waals surface area contributed by atoms with Crippen molar-refractivity contribution in [1.82, 2.24) is 4.72 Å². The number of ether oxygens (including phenoxy) is 3. The monoisotopic (exact) mass is 398 g/mol. The first kappa shape index (κ1) is 20.9. The molecule has 0 aliphatic carbocycles. The van der Waals surface area contributed by atoms with E-state index in [1.807, 2.05) is 0 Å². The smallest absolute Gasteiger partial charge is 0.355 e. The lowest BCUT2D eigenvalue weighted by molar-refractivity contribution is -0.140. The van der Waals surface area contributed by atoms with Crippen molar-refractivity contribution >= 4 is 27.6 Å². The van der Waals surface area contributed by atoms with Crippen LogP contribution >= 0.6 is 0 Å². The van der Waals surface area contributed by atoms with E-state index in [4.69, 9.17) is 14.2 Å². The second-order valence-electron chi connectivity index (χ2n) is 5.96. The van der Waals surface area contributed by atoms with Gasteiger partial charge in [-0.2, -0.15) is 0 Å². The lowest BCUT2D eigenvalue weighted by atomic mass is 10.1. The van der Waals surface area contributed by atoms with Gasteiger partial charge in [0.2, 0.25) is 10.0 Å². The molecule has 1 aliphatic heterocycles. The molecule has 9 nitrogen and oxygen atoms in total. The van der Waals surface area contributed by atoms with Gasteiger partial charge in [0, 0.05) is 6.04 Å². The number of carbonyl (C=O) groups is 2. The molecule has 0 fully saturated rings. The highest BCUT2D eigenvalue weighted by Crippen LogP contribution is 2.32. The van der Waals surface area contributed by atoms with Gasteiger partial charge in [0.25, 0.3) is 0 Å². The van der Waals surface area contributed by atoms with Crippen LogP contribution in [0.5, 0.6) is 0 Å². The maximum Gasteiger partial charge on any atom is 0.355 e. The number of hydrogen-bond donors (Lipinski definition) is 1. The fraction of sp³-hybridized carbons (Fsp3) is 0.412. The van der Waals surface area contributed by atoms with E-state index in [1.54, 1.807) is 26.0 Å². The lowest BCUT2D eigenvalue weighted by Crippen LogP contribution is -2.40. The van der Waals surface area contributed by atoms with Gasteiger partial charge in [-0.25, -0.2) is 22.7 Å². The zero-order valence-electron chi connectivity index (χ0n) is 15.5. The highest BCUT2D eigenvalue weighted by atomic mass is 32.2. The Labute approximate surface area is 157 Å². The number of nitrogens with zero attached hydrogens (tertiary/aromatic N) is 1. The molecule has 148 valence electrons. The Morgan fingerprint density at radius 2 is 1.78 bits per heavy atom. The molecule has 0 spiro atoms. The number of nitrogens with one attached hydrogen (secondary N) is 1. The van der Waals surface area contributed by atoms with Crippen molar-refractivity contribution in [3.63, 3.8) is 0 Å². The second kappa shape index (κ2) is 8.51. The summed E-state index contributed by atoms with van der Waals surface area (Å²) in [6.07, 6.45) is 0. The van der Waals surface area contributed by atoms with Gasteiger partial charge < -0.3 is 19.1 Å². The Morgan fingerprint density at radius 1 is 1.15 bits per heavy atom. The molecule has 1 aromatic carbocycles. The van der Waals surface area contributed by atoms with Gasteiger partial charge in [-0.15, -0.1) is 0 Å². The average molecular weight is 398 g/mol. The Morgan fingerprint density at radius 3 is 2.37 bits per heavy atom. The number of sulfonamides is 1. The van der Waals surface area contributed by atoms with E-state index in [0.29, 0.717) is 0 Å². The van der Waals surface area contributed by atoms with Crippen molar-refractivity contribution in [3.05, 3.63) is 35.5 Å². The first-order valence-electron chi connectivity index (χ1n) is 8.09. The molecule has 0 amide bonds. The van der Waals surface area contributed by atoms with Gasteiger partial charge in [-0.1, -0.05) is 12.1 Å². The Hall–Kier alpha value is -2.43. The number of esters is 2. The normalized spacial score (nSPS) is 15.1. The summed E-state index contributed by atoms with van der Waals surface area (Å²) in [4.78, 5) is 25.7. The number of methoxy groups -OCH3 is 2. The third-order valence-corrected chi connectivity index (χ3v) is 5.38. The zero-order valence-corrected chi connectivity index (χ0v) is 16.3. The van der Waals surface area contributed by atoms with Crippen LogP contribution in [0.1, 0.15) is 13.8 Å². The molecule has 0 bridgehead atoms. The molecule has 0 atom stereocenters. The van der Waals surface area contributed by atoms with E-state index in [2.05, 4.69) is 4.72 Å². The van der Waals surface area contributed by atoms with Crippen LogP contribution in [0.25, 0.3) is 0 Å². The first-order valence-corrected chi connectivity index (χ1v) is 9.57. The lowest BCUT2D eigenvalue weighted by Gasteiger charge is -2.32. The van der Waals surface area contributed by atoms with E-state index < -0.39 is 22.0 Å². The van der Waals surface area contributed by atoms with Crippen LogP contribution in [0, 0.1) is 0 Å². The minimum Gasteiger partial charge on any atom is -0.466 e. The number of para-hydroxylation sites is 1. The topological polar surface area (TPSA) is 111 Å². The molecule has 0 saturated carbocycles. The van der Waals surface area contributed by atoms with Gasteiger partial charge in [-0.05, 0) is 26.0 Å². The number of carbonyl (C=O) groups excluding carboxylic acids is 2. The fourth-order valence-corrected chi connectivity index (χ4v) is 4.07. The molecule has 2 rings (SSSR count). The molecule has 0 unspecified atom stereocenters. The van der Waals surface area contributed by atoms with E-state index in [0.717, 1.165) is 0 Å². The van der Waals surface area contributed by atoms with Crippen LogP contribution in [-0.2, 0) is 33.8 Å². The molecule has 1 aliphatic rings.